The first kappa shape index (κ1) is 17.3. The van der Waals surface area contributed by atoms with Crippen LogP contribution in [0.3, 0.4) is 0 Å². The summed E-state index contributed by atoms with van der Waals surface area (Å²) < 4.78 is 4.83. The number of alkyl carbamates (subject to hydrolysis) is 1. The van der Waals surface area contributed by atoms with E-state index in [0.717, 1.165) is 0 Å². The zero-order valence-corrected chi connectivity index (χ0v) is 12.9. The van der Waals surface area contributed by atoms with Crippen LogP contribution in [0.5, 0.6) is 0 Å². The summed E-state index contributed by atoms with van der Waals surface area (Å²) in [5, 5.41) is 2.60. The Morgan fingerprint density at radius 3 is 2.29 bits per heavy atom. The molecule has 0 aromatic heterocycles. The lowest BCUT2D eigenvalue weighted by atomic mass is 9.94. The molecular weight excluding hydrogens is 274 g/mol. The lowest BCUT2D eigenvalue weighted by Crippen LogP contribution is -2.53. The summed E-state index contributed by atoms with van der Waals surface area (Å²) in [5.74, 6) is -0.659. The first-order chi connectivity index (χ1) is 9.86. The molecule has 7 nitrogen and oxygen atoms in total. The first-order valence-corrected chi connectivity index (χ1v) is 7.38. The summed E-state index contributed by atoms with van der Waals surface area (Å²) in [6.07, 6.45) is 0.563. The molecule has 3 N–H and O–H groups in total. The van der Waals surface area contributed by atoms with Crippen LogP contribution in [0.4, 0.5) is 4.79 Å². The van der Waals surface area contributed by atoms with Gasteiger partial charge in [0.2, 0.25) is 11.8 Å². The van der Waals surface area contributed by atoms with Crippen LogP contribution in [-0.4, -0.2) is 48.5 Å². The van der Waals surface area contributed by atoms with E-state index in [2.05, 4.69) is 5.32 Å². The third-order valence-electron chi connectivity index (χ3n) is 3.69. The molecule has 0 aromatic carbocycles. The van der Waals surface area contributed by atoms with E-state index in [1.54, 1.807) is 11.8 Å². The van der Waals surface area contributed by atoms with Crippen molar-refractivity contribution in [3.8, 4) is 0 Å². The molecule has 1 unspecified atom stereocenters. The fourth-order valence-electron chi connectivity index (χ4n) is 2.39. The van der Waals surface area contributed by atoms with Crippen LogP contribution >= 0.6 is 0 Å². The molecular formula is C14H25N3O4. The van der Waals surface area contributed by atoms with Crippen molar-refractivity contribution in [2.45, 2.75) is 39.7 Å². The van der Waals surface area contributed by atoms with E-state index >= 15 is 0 Å². The molecule has 1 atom stereocenters. The van der Waals surface area contributed by atoms with Gasteiger partial charge in [-0.2, -0.15) is 0 Å². The van der Waals surface area contributed by atoms with E-state index in [0.29, 0.717) is 25.9 Å². The molecule has 1 fully saturated rings. The molecule has 0 spiro atoms. The molecule has 120 valence electrons. The molecule has 0 radical (unpaired) electrons. The van der Waals surface area contributed by atoms with E-state index in [1.165, 1.54) is 0 Å². The van der Waals surface area contributed by atoms with E-state index in [4.69, 9.17) is 10.5 Å². The topological polar surface area (TPSA) is 102 Å². The largest absolute Gasteiger partial charge is 0.450 e. The minimum Gasteiger partial charge on any atom is -0.450 e. The normalized spacial score (nSPS) is 17.4. The third kappa shape index (κ3) is 4.91. The second kappa shape index (κ2) is 7.85. The zero-order valence-electron chi connectivity index (χ0n) is 12.9. The van der Waals surface area contributed by atoms with Gasteiger partial charge in [-0.25, -0.2) is 4.79 Å². The van der Waals surface area contributed by atoms with Gasteiger partial charge in [0, 0.05) is 19.0 Å². The maximum atomic E-state index is 12.5. The number of likely N-dealkylation sites (tertiary alicyclic amines) is 1. The Labute approximate surface area is 125 Å². The maximum absolute atomic E-state index is 12.5. The Kier molecular flexibility index (Phi) is 6.45. The molecule has 1 saturated heterocycles. The highest BCUT2D eigenvalue weighted by Gasteiger charge is 2.32. The molecule has 0 bridgehead atoms. The molecule has 0 aromatic rings. The summed E-state index contributed by atoms with van der Waals surface area (Å²) in [6.45, 7) is 6.67. The standard InChI is InChI=1S/C14H25N3O4/c1-4-21-14(20)16-11(9(2)3)13(19)17-7-5-10(6-8-17)12(15)18/h9-11H,4-8H2,1-3H3,(H2,15,18)(H,16,20). The predicted molar refractivity (Wildman–Crippen MR) is 77.3 cm³/mol. The van der Waals surface area contributed by atoms with Gasteiger partial charge in [0.25, 0.3) is 0 Å². The fourth-order valence-corrected chi connectivity index (χ4v) is 2.39. The number of hydrogen-bond acceptors (Lipinski definition) is 4. The summed E-state index contributed by atoms with van der Waals surface area (Å²) in [7, 11) is 0. The van der Waals surface area contributed by atoms with Gasteiger partial charge in [0.05, 0.1) is 6.61 Å². The first-order valence-electron chi connectivity index (χ1n) is 7.38. The molecule has 1 heterocycles. The van der Waals surface area contributed by atoms with Crippen LogP contribution in [0, 0.1) is 11.8 Å². The molecule has 3 amide bonds. The van der Waals surface area contributed by atoms with Crippen molar-refractivity contribution in [3.63, 3.8) is 0 Å². The number of nitrogens with one attached hydrogen (secondary N) is 1. The molecule has 0 aliphatic carbocycles. The number of nitrogens with two attached hydrogens (primary N) is 1. The number of hydrogen-bond donors (Lipinski definition) is 2. The summed E-state index contributed by atoms with van der Waals surface area (Å²) in [4.78, 5) is 36.8. The van der Waals surface area contributed by atoms with Crippen molar-refractivity contribution in [1.82, 2.24) is 10.2 Å². The number of carbonyl (C=O) groups excluding carboxylic acids is 3. The Bertz CT molecular complexity index is 390. The average molecular weight is 299 g/mol. The smallest absolute Gasteiger partial charge is 0.407 e. The summed E-state index contributed by atoms with van der Waals surface area (Å²) >= 11 is 0. The van der Waals surface area contributed by atoms with Crippen molar-refractivity contribution in [2.75, 3.05) is 19.7 Å². The number of nitrogens with zero attached hydrogens (tertiary/aromatic N) is 1. The van der Waals surface area contributed by atoms with Gasteiger partial charge in [-0.3, -0.25) is 9.59 Å². The van der Waals surface area contributed by atoms with Crippen molar-refractivity contribution >= 4 is 17.9 Å². The molecule has 7 heteroatoms. The van der Waals surface area contributed by atoms with Crippen molar-refractivity contribution in [3.05, 3.63) is 0 Å². The second-order valence-corrected chi connectivity index (χ2v) is 5.59. The number of carbonyl (C=O) groups is 3. The molecule has 0 saturated carbocycles. The van der Waals surface area contributed by atoms with Crippen molar-refractivity contribution in [2.24, 2.45) is 17.6 Å². The number of primary amides is 1. The van der Waals surface area contributed by atoms with E-state index in [1.807, 2.05) is 13.8 Å². The highest BCUT2D eigenvalue weighted by Crippen LogP contribution is 2.18. The Balaban J connectivity index is 2.61. The van der Waals surface area contributed by atoms with Gasteiger partial charge in [0.15, 0.2) is 0 Å². The summed E-state index contributed by atoms with van der Waals surface area (Å²) in [6, 6.07) is -0.617. The van der Waals surface area contributed by atoms with Crippen LogP contribution in [0.1, 0.15) is 33.6 Å². The van der Waals surface area contributed by atoms with E-state index in [9.17, 15) is 14.4 Å². The number of amides is 3. The van der Waals surface area contributed by atoms with Gasteiger partial charge in [-0.05, 0) is 25.7 Å². The molecule has 1 rings (SSSR count). The predicted octanol–water partition coefficient (Wildman–Crippen LogP) is 0.481. The highest BCUT2D eigenvalue weighted by atomic mass is 16.5. The van der Waals surface area contributed by atoms with Crippen LogP contribution in [0.2, 0.25) is 0 Å². The number of ether oxygens (including phenoxy) is 1. The van der Waals surface area contributed by atoms with E-state index < -0.39 is 12.1 Å². The Hall–Kier alpha value is -1.79. The summed E-state index contributed by atoms with van der Waals surface area (Å²) in [5.41, 5.74) is 5.28. The minimum atomic E-state index is -0.617. The second-order valence-electron chi connectivity index (χ2n) is 5.59. The lowest BCUT2D eigenvalue weighted by molar-refractivity contribution is -0.137. The van der Waals surface area contributed by atoms with Gasteiger partial charge < -0.3 is 20.7 Å². The van der Waals surface area contributed by atoms with Crippen LogP contribution in [0.15, 0.2) is 0 Å². The lowest BCUT2D eigenvalue weighted by Gasteiger charge is -2.34. The Morgan fingerprint density at radius 1 is 1.29 bits per heavy atom. The molecule has 1 aliphatic heterocycles. The molecule has 21 heavy (non-hydrogen) atoms. The number of piperidine rings is 1. The van der Waals surface area contributed by atoms with E-state index in [-0.39, 0.29) is 30.3 Å². The average Bonchev–Trinajstić information content (AvgIpc) is 2.44. The van der Waals surface area contributed by atoms with Crippen molar-refractivity contribution in [1.29, 1.82) is 0 Å². The third-order valence-corrected chi connectivity index (χ3v) is 3.69. The highest BCUT2D eigenvalue weighted by molar-refractivity contribution is 5.86. The Morgan fingerprint density at radius 2 is 1.86 bits per heavy atom. The van der Waals surface area contributed by atoms with Crippen LogP contribution < -0.4 is 11.1 Å². The van der Waals surface area contributed by atoms with Gasteiger partial charge in [-0.1, -0.05) is 13.8 Å². The van der Waals surface area contributed by atoms with Gasteiger partial charge in [-0.15, -0.1) is 0 Å². The molecule has 1 aliphatic rings. The van der Waals surface area contributed by atoms with Crippen molar-refractivity contribution < 1.29 is 19.1 Å². The van der Waals surface area contributed by atoms with Gasteiger partial charge >= 0.3 is 6.09 Å². The monoisotopic (exact) mass is 299 g/mol. The quantitative estimate of drug-likeness (QED) is 0.771. The number of rotatable bonds is 5. The van der Waals surface area contributed by atoms with Gasteiger partial charge in [0.1, 0.15) is 6.04 Å². The maximum Gasteiger partial charge on any atom is 0.407 e. The van der Waals surface area contributed by atoms with Crippen LogP contribution in [-0.2, 0) is 14.3 Å². The fraction of sp³-hybridized carbons (Fsp3) is 0.786. The zero-order chi connectivity index (χ0) is 16.0. The van der Waals surface area contributed by atoms with Crippen LogP contribution in [0.25, 0.3) is 0 Å². The SMILES string of the molecule is CCOC(=O)NC(C(=O)N1CCC(C(N)=O)CC1)C(C)C. The minimum absolute atomic E-state index is 0.0456.